The molecule has 1 fully saturated rings. The van der Waals surface area contributed by atoms with Crippen LogP contribution in [0.2, 0.25) is 13.1 Å². The van der Waals surface area contributed by atoms with Crippen LogP contribution < -0.4 is 24.8 Å². The second kappa shape index (κ2) is 21.7. The molecule has 0 unspecified atom stereocenters. The Morgan fingerprint density at radius 1 is 0.735 bits per heavy atom. The van der Waals surface area contributed by atoms with E-state index < -0.39 is 0 Å². The molecule has 1 saturated carbocycles. The predicted octanol–water partition coefficient (Wildman–Crippen LogP) is 2.99. The summed E-state index contributed by atoms with van der Waals surface area (Å²) < 4.78 is 0. The smallest absolute Gasteiger partial charge is 1.00 e. The largest absolute Gasteiger partial charge is 4.00 e. The van der Waals surface area contributed by atoms with Crippen molar-refractivity contribution in [1.29, 1.82) is 0 Å². The zero-order valence-electron chi connectivity index (χ0n) is 20.7. The van der Waals surface area contributed by atoms with E-state index in [2.05, 4.69) is 67.7 Å². The first-order valence-corrected chi connectivity index (χ1v) is 14.0. The number of carbonyl (C=O) groups excluding carboxylic acids is 1. The molecule has 0 spiro atoms. The minimum absolute atomic E-state index is 0. The number of amides is 1. The average Bonchev–Trinajstić information content (AvgIpc) is 3.14. The summed E-state index contributed by atoms with van der Waals surface area (Å²) >= 11 is 0. The summed E-state index contributed by atoms with van der Waals surface area (Å²) in [6.07, 6.45) is 13.5. The molecule has 1 amide bonds. The molecule has 1 aliphatic carbocycles. The molecule has 0 bridgehead atoms. The first kappa shape index (κ1) is 35.6. The van der Waals surface area contributed by atoms with Crippen LogP contribution in [0, 0.1) is 5.92 Å². The van der Waals surface area contributed by atoms with Crippen LogP contribution in [-0.4, -0.2) is 15.4 Å². The van der Waals surface area contributed by atoms with Crippen LogP contribution in [0.15, 0.2) is 54.6 Å². The van der Waals surface area contributed by atoms with Gasteiger partial charge in [0.05, 0.1) is 5.91 Å². The molecule has 0 aromatic heterocycles. The number of halogens is 2. The van der Waals surface area contributed by atoms with Crippen molar-refractivity contribution in [2.24, 2.45) is 5.92 Å². The van der Waals surface area contributed by atoms with Crippen LogP contribution in [-0.2, 0) is 31.0 Å². The zero-order chi connectivity index (χ0) is 22.3. The van der Waals surface area contributed by atoms with Crippen LogP contribution in [0.3, 0.4) is 0 Å². The van der Waals surface area contributed by atoms with Crippen LogP contribution in [0.4, 0.5) is 0 Å². The van der Waals surface area contributed by atoms with E-state index in [1.807, 2.05) is 0 Å². The number of fused-ring (bicyclic) bond motifs is 3. The second-order valence-corrected chi connectivity index (χ2v) is 9.64. The van der Waals surface area contributed by atoms with Gasteiger partial charge in [-0.15, -0.1) is 39.7 Å². The van der Waals surface area contributed by atoms with Crippen molar-refractivity contribution < 1.29 is 55.8 Å². The van der Waals surface area contributed by atoms with Gasteiger partial charge in [-0.25, -0.2) is 0 Å². The first-order chi connectivity index (χ1) is 15.2. The Morgan fingerprint density at radius 2 is 1.06 bits per heavy atom. The minimum Gasteiger partial charge on any atom is -1.00 e. The van der Waals surface area contributed by atoms with Gasteiger partial charge in [-0.2, -0.15) is 0 Å². The molecule has 6 heteroatoms. The first-order valence-electron chi connectivity index (χ1n) is 12.0. The average molecular weight is 596 g/mol. The van der Waals surface area contributed by atoms with E-state index in [1.165, 1.54) is 66.5 Å². The molecule has 3 aromatic carbocycles. The number of carbonyl (C=O) groups is 1. The maximum atomic E-state index is 11.1. The van der Waals surface area contributed by atoms with Crippen molar-refractivity contribution in [2.45, 2.75) is 83.7 Å². The zero-order valence-corrected chi connectivity index (χ0v) is 25.7. The Bertz CT molecular complexity index is 840. The Labute approximate surface area is 241 Å². The molecule has 1 N–H and O–H groups in total. The molecule has 0 aliphatic heterocycles. The quantitative estimate of drug-likeness (QED) is 0.315. The van der Waals surface area contributed by atoms with Crippen LogP contribution in [0.5, 0.6) is 0 Å². The summed E-state index contributed by atoms with van der Waals surface area (Å²) in [5.41, 5.74) is 7.23. The van der Waals surface area contributed by atoms with Gasteiger partial charge in [-0.05, 0) is 12.8 Å². The van der Waals surface area contributed by atoms with Gasteiger partial charge in [0.15, 0.2) is 0 Å². The van der Waals surface area contributed by atoms with Gasteiger partial charge >= 0.3 is 26.2 Å². The predicted molar refractivity (Wildman–Crippen MR) is 138 cm³/mol. The van der Waals surface area contributed by atoms with Crippen LogP contribution in [0.25, 0.3) is 27.3 Å². The van der Waals surface area contributed by atoms with E-state index in [0.717, 1.165) is 35.2 Å². The third-order valence-corrected chi connectivity index (χ3v) is 6.00. The third-order valence-electron chi connectivity index (χ3n) is 6.00. The molecule has 4 rings (SSSR count). The van der Waals surface area contributed by atoms with Gasteiger partial charge in [0.2, 0.25) is 0 Å². The number of nitrogens with one attached hydrogen (secondary N) is 1. The molecule has 0 atom stereocenters. The Morgan fingerprint density at radius 3 is 1.41 bits per heavy atom. The maximum absolute atomic E-state index is 11.1. The van der Waals surface area contributed by atoms with E-state index in [1.54, 1.807) is 0 Å². The van der Waals surface area contributed by atoms with Crippen molar-refractivity contribution >= 4 is 37.0 Å². The molecule has 34 heavy (non-hydrogen) atoms. The summed E-state index contributed by atoms with van der Waals surface area (Å²) in [4.78, 5) is 11.1. The van der Waals surface area contributed by atoms with E-state index >= 15 is 0 Å². The Kier molecular flexibility index (Phi) is 22.8. The molecular formula is C28H39Cl2NOSiZr. The topological polar surface area (TPSA) is 40.9 Å². The molecule has 1 aliphatic rings. The molecule has 2 radical (unpaired) electrons. The van der Waals surface area contributed by atoms with Gasteiger partial charge in [0.1, 0.15) is 0 Å². The fourth-order valence-corrected chi connectivity index (χ4v) is 4.33. The summed E-state index contributed by atoms with van der Waals surface area (Å²) in [7, 11) is 1.08. The van der Waals surface area contributed by atoms with E-state index in [4.69, 9.17) is 5.73 Å². The van der Waals surface area contributed by atoms with Gasteiger partial charge < -0.3 is 35.3 Å². The molecule has 2 nitrogen and oxygen atoms in total. The van der Waals surface area contributed by atoms with Gasteiger partial charge in [0, 0.05) is 15.4 Å². The van der Waals surface area contributed by atoms with Gasteiger partial charge in [0.25, 0.3) is 0 Å². The number of hydrogen-bond acceptors (Lipinski definition) is 1. The van der Waals surface area contributed by atoms with Gasteiger partial charge in [-0.3, -0.25) is 0 Å². The normalized spacial score (nSPS) is 14.8. The standard InChI is InChI=1S/C13H25NO.C13H9.C2H6Si.2ClH.Zr/c14-13(15)12-10-8-6-4-2-1-3-5-7-9-11-12;1-3-7-12-10(5-1)9-11-6-2-4-8-13(11)12;1-3-2;;;/h12H,1-11H2,(H2,14,15);1-9H;1-2H3;2*1H;/q;-1;;;;+4/p-3. The van der Waals surface area contributed by atoms with E-state index in [9.17, 15) is 4.79 Å². The van der Waals surface area contributed by atoms with E-state index in [-0.39, 0.29) is 62.8 Å². The third kappa shape index (κ3) is 13.0. The fourth-order valence-electron chi connectivity index (χ4n) is 4.33. The molecule has 0 heterocycles. The molecule has 0 saturated heterocycles. The summed E-state index contributed by atoms with van der Waals surface area (Å²) in [6, 6.07) is 19.3. The van der Waals surface area contributed by atoms with Crippen molar-refractivity contribution in [2.75, 3.05) is 0 Å². The van der Waals surface area contributed by atoms with Gasteiger partial charge in [-0.1, -0.05) is 107 Å². The summed E-state index contributed by atoms with van der Waals surface area (Å²) in [5.74, 6) is -0.281. The molecule has 184 valence electrons. The maximum Gasteiger partial charge on any atom is 4.00 e. The summed E-state index contributed by atoms with van der Waals surface area (Å²) in [5, 5.41) is 5.39. The van der Waals surface area contributed by atoms with Crippen molar-refractivity contribution in [3.63, 3.8) is 0 Å². The van der Waals surface area contributed by atoms with Crippen LogP contribution in [0.1, 0.15) is 70.6 Å². The molecular weight excluding hydrogens is 557 g/mol. The van der Waals surface area contributed by atoms with Crippen LogP contribution >= 0.6 is 0 Å². The second-order valence-electron chi connectivity index (χ2n) is 8.64. The number of hydrogen-bond donors (Lipinski definition) is 0. The molecule has 3 aromatic rings. The Balaban J connectivity index is 0. The van der Waals surface area contributed by atoms with Crippen molar-refractivity contribution in [1.82, 2.24) is 0 Å². The Hall–Kier alpha value is -0.540. The SMILES string of the molecule is C[Si]C.[Cl-].[Cl-].[NH-]C(=O)C1CCCCCCCCCCC1.[Zr+4].c1ccc2c(c1)[cH-]c1ccccc12. The fraction of sp³-hybridized carbons (Fsp3) is 0.500. The number of benzene rings is 2. The minimum atomic E-state index is -0.327. The number of rotatable bonds is 1. The summed E-state index contributed by atoms with van der Waals surface area (Å²) in [6.45, 7) is 4.31. The van der Waals surface area contributed by atoms with Crippen molar-refractivity contribution in [3.8, 4) is 0 Å². The monoisotopic (exact) mass is 593 g/mol. The van der Waals surface area contributed by atoms with Crippen molar-refractivity contribution in [3.05, 3.63) is 60.3 Å². The van der Waals surface area contributed by atoms with E-state index in [0.29, 0.717) is 0 Å².